The molecule has 3 nitrogen and oxygen atoms in total. The van der Waals surface area contributed by atoms with Gasteiger partial charge < -0.3 is 5.32 Å². The zero-order valence-electron chi connectivity index (χ0n) is 9.03. The van der Waals surface area contributed by atoms with Gasteiger partial charge >= 0.3 is 0 Å². The average molecular weight is 235 g/mol. The fourth-order valence-electron chi connectivity index (χ4n) is 1.46. The van der Waals surface area contributed by atoms with E-state index in [9.17, 15) is 8.78 Å². The van der Waals surface area contributed by atoms with Gasteiger partial charge in [0.15, 0.2) is 0 Å². The van der Waals surface area contributed by atoms with E-state index >= 15 is 0 Å². The number of halogens is 2. The lowest BCUT2D eigenvalue weighted by Gasteiger charge is -2.05. The monoisotopic (exact) mass is 235 g/mol. The normalized spacial score (nSPS) is 10.2. The summed E-state index contributed by atoms with van der Waals surface area (Å²) >= 11 is 0. The number of benzene rings is 1. The first kappa shape index (κ1) is 11.4. The quantitative estimate of drug-likeness (QED) is 0.827. The highest BCUT2D eigenvalue weighted by atomic mass is 19.1. The molecule has 0 unspecified atom stereocenters. The Hall–Kier alpha value is -2.04. The van der Waals surface area contributed by atoms with Crippen molar-refractivity contribution in [1.82, 2.24) is 9.97 Å². The third kappa shape index (κ3) is 3.21. The SMILES string of the molecule is Fc1cc(NCCc2ccccc2F)ncn1. The zero-order valence-corrected chi connectivity index (χ0v) is 9.03. The molecule has 5 heteroatoms. The van der Waals surface area contributed by atoms with Crippen molar-refractivity contribution in [1.29, 1.82) is 0 Å². The zero-order chi connectivity index (χ0) is 12.1. The number of hydrogen-bond acceptors (Lipinski definition) is 3. The highest BCUT2D eigenvalue weighted by Gasteiger charge is 2.01. The summed E-state index contributed by atoms with van der Waals surface area (Å²) in [6.45, 7) is 0.484. The van der Waals surface area contributed by atoms with Crippen molar-refractivity contribution in [3.8, 4) is 0 Å². The Labute approximate surface area is 97.5 Å². The molecule has 1 heterocycles. The number of rotatable bonds is 4. The molecule has 0 saturated carbocycles. The predicted molar refractivity (Wildman–Crippen MR) is 60.6 cm³/mol. The van der Waals surface area contributed by atoms with E-state index in [4.69, 9.17) is 0 Å². The van der Waals surface area contributed by atoms with Crippen LogP contribution in [0.2, 0.25) is 0 Å². The van der Waals surface area contributed by atoms with E-state index in [2.05, 4.69) is 15.3 Å². The fourth-order valence-corrected chi connectivity index (χ4v) is 1.46. The Morgan fingerprint density at radius 3 is 2.71 bits per heavy atom. The summed E-state index contributed by atoms with van der Waals surface area (Å²) in [5.74, 6) is -0.426. The summed E-state index contributed by atoms with van der Waals surface area (Å²) in [6.07, 6.45) is 1.65. The van der Waals surface area contributed by atoms with Gasteiger partial charge in [0.25, 0.3) is 0 Å². The van der Waals surface area contributed by atoms with E-state index < -0.39 is 5.95 Å². The maximum atomic E-state index is 13.3. The molecular weight excluding hydrogens is 224 g/mol. The van der Waals surface area contributed by atoms with Crippen molar-refractivity contribution in [3.63, 3.8) is 0 Å². The molecule has 0 aliphatic rings. The third-order valence-corrected chi connectivity index (χ3v) is 2.29. The largest absolute Gasteiger partial charge is 0.370 e. The van der Waals surface area contributed by atoms with E-state index in [0.29, 0.717) is 24.3 Å². The predicted octanol–water partition coefficient (Wildman–Crippen LogP) is 2.41. The molecule has 17 heavy (non-hydrogen) atoms. The van der Waals surface area contributed by atoms with E-state index in [-0.39, 0.29) is 5.82 Å². The molecule has 0 saturated heterocycles. The van der Waals surface area contributed by atoms with Crippen molar-refractivity contribution < 1.29 is 8.78 Å². The maximum Gasteiger partial charge on any atom is 0.217 e. The fraction of sp³-hybridized carbons (Fsp3) is 0.167. The second-order valence-corrected chi connectivity index (χ2v) is 3.49. The summed E-state index contributed by atoms with van der Waals surface area (Å²) in [6, 6.07) is 7.76. The van der Waals surface area contributed by atoms with Crippen LogP contribution < -0.4 is 5.32 Å². The lowest BCUT2D eigenvalue weighted by Crippen LogP contribution is -2.07. The van der Waals surface area contributed by atoms with Crippen molar-refractivity contribution in [2.24, 2.45) is 0 Å². The van der Waals surface area contributed by atoms with Crippen molar-refractivity contribution in [2.75, 3.05) is 11.9 Å². The van der Waals surface area contributed by atoms with Crippen molar-refractivity contribution in [3.05, 3.63) is 54.0 Å². The summed E-state index contributed by atoms with van der Waals surface area (Å²) < 4.78 is 26.0. The summed E-state index contributed by atoms with van der Waals surface area (Å²) in [5, 5.41) is 2.90. The molecule has 0 aliphatic heterocycles. The second-order valence-electron chi connectivity index (χ2n) is 3.49. The Morgan fingerprint density at radius 1 is 1.12 bits per heavy atom. The van der Waals surface area contributed by atoms with Gasteiger partial charge in [-0.1, -0.05) is 18.2 Å². The van der Waals surface area contributed by atoms with Crippen LogP contribution in [0.1, 0.15) is 5.56 Å². The standard InChI is InChI=1S/C12H11F2N3/c13-10-4-2-1-3-9(10)5-6-15-12-7-11(14)16-8-17-12/h1-4,7-8H,5-6H2,(H,15,16,17). The number of aromatic nitrogens is 2. The lowest BCUT2D eigenvalue weighted by molar-refractivity contribution is 0.580. The minimum atomic E-state index is -0.589. The first-order valence-electron chi connectivity index (χ1n) is 5.20. The van der Waals surface area contributed by atoms with Gasteiger partial charge in [0.1, 0.15) is 18.0 Å². The van der Waals surface area contributed by atoms with Gasteiger partial charge in [-0.25, -0.2) is 14.4 Å². The number of hydrogen-bond donors (Lipinski definition) is 1. The molecule has 0 aliphatic carbocycles. The lowest BCUT2D eigenvalue weighted by atomic mass is 10.1. The van der Waals surface area contributed by atoms with E-state index in [0.717, 1.165) is 6.33 Å². The van der Waals surface area contributed by atoms with Crippen LogP contribution in [0.25, 0.3) is 0 Å². The van der Waals surface area contributed by atoms with Crippen LogP contribution in [-0.2, 0) is 6.42 Å². The van der Waals surface area contributed by atoms with Crippen LogP contribution in [0.15, 0.2) is 36.7 Å². The summed E-state index contributed by atoms with van der Waals surface area (Å²) in [4.78, 5) is 7.18. The molecule has 0 fully saturated rings. The minimum absolute atomic E-state index is 0.233. The molecule has 0 bridgehead atoms. The Morgan fingerprint density at radius 2 is 1.94 bits per heavy atom. The molecule has 1 aromatic carbocycles. The Bertz CT molecular complexity index is 503. The van der Waals surface area contributed by atoms with Crippen LogP contribution in [0.4, 0.5) is 14.6 Å². The van der Waals surface area contributed by atoms with Crippen LogP contribution in [0.5, 0.6) is 0 Å². The van der Waals surface area contributed by atoms with Gasteiger partial charge in [-0.15, -0.1) is 0 Å². The number of anilines is 1. The summed E-state index contributed by atoms with van der Waals surface area (Å²) in [7, 11) is 0. The maximum absolute atomic E-state index is 13.3. The van der Waals surface area contributed by atoms with Gasteiger partial charge in [0.05, 0.1) is 0 Å². The number of nitrogens with zero attached hydrogens (tertiary/aromatic N) is 2. The molecule has 0 spiro atoms. The Balaban J connectivity index is 1.90. The molecule has 0 amide bonds. The van der Waals surface area contributed by atoms with Gasteiger partial charge in [0.2, 0.25) is 5.95 Å². The van der Waals surface area contributed by atoms with E-state index in [1.54, 1.807) is 18.2 Å². The topological polar surface area (TPSA) is 37.8 Å². The number of nitrogens with one attached hydrogen (secondary N) is 1. The first-order valence-corrected chi connectivity index (χ1v) is 5.20. The van der Waals surface area contributed by atoms with Crippen molar-refractivity contribution >= 4 is 5.82 Å². The molecule has 1 N–H and O–H groups in total. The minimum Gasteiger partial charge on any atom is -0.370 e. The average Bonchev–Trinajstić information content (AvgIpc) is 2.32. The molecule has 2 aromatic rings. The van der Waals surface area contributed by atoms with E-state index in [1.165, 1.54) is 12.1 Å². The molecule has 88 valence electrons. The highest BCUT2D eigenvalue weighted by molar-refractivity contribution is 5.32. The van der Waals surface area contributed by atoms with Gasteiger partial charge in [0, 0.05) is 12.6 Å². The molecular formula is C12H11F2N3. The second kappa shape index (κ2) is 5.34. The van der Waals surface area contributed by atoms with Crippen LogP contribution in [0.3, 0.4) is 0 Å². The van der Waals surface area contributed by atoms with Gasteiger partial charge in [-0.3, -0.25) is 0 Å². The van der Waals surface area contributed by atoms with Gasteiger partial charge in [-0.05, 0) is 18.1 Å². The van der Waals surface area contributed by atoms with Crippen LogP contribution in [-0.4, -0.2) is 16.5 Å². The highest BCUT2D eigenvalue weighted by Crippen LogP contribution is 2.08. The Kier molecular flexibility index (Phi) is 3.59. The molecule has 0 atom stereocenters. The smallest absolute Gasteiger partial charge is 0.217 e. The molecule has 2 rings (SSSR count). The third-order valence-electron chi connectivity index (χ3n) is 2.29. The van der Waals surface area contributed by atoms with Crippen molar-refractivity contribution in [2.45, 2.75) is 6.42 Å². The molecule has 0 radical (unpaired) electrons. The van der Waals surface area contributed by atoms with Crippen LogP contribution in [0, 0.1) is 11.8 Å². The summed E-state index contributed by atoms with van der Waals surface area (Å²) in [5.41, 5.74) is 0.620. The van der Waals surface area contributed by atoms with Gasteiger partial charge in [-0.2, -0.15) is 4.39 Å². The van der Waals surface area contributed by atoms with Crippen LogP contribution >= 0.6 is 0 Å². The molecule has 1 aromatic heterocycles. The first-order chi connectivity index (χ1) is 8.25. The van der Waals surface area contributed by atoms with E-state index in [1.807, 2.05) is 0 Å².